The summed E-state index contributed by atoms with van der Waals surface area (Å²) >= 11 is 3.35. The number of halogens is 1. The van der Waals surface area contributed by atoms with Crippen LogP contribution in [-0.2, 0) is 20.6 Å². The molecule has 0 saturated carbocycles. The second-order valence-corrected chi connectivity index (χ2v) is 6.30. The van der Waals surface area contributed by atoms with Gasteiger partial charge in [-0.25, -0.2) is 4.21 Å². The largest absolute Gasteiger partial charge is 0.292 e. The molecule has 102 valence electrons. The summed E-state index contributed by atoms with van der Waals surface area (Å²) in [5.41, 5.74) is 2.34. The van der Waals surface area contributed by atoms with E-state index in [1.807, 2.05) is 30.3 Å². The molecule has 1 aliphatic heterocycles. The number of fused-ring (bicyclic) bond motifs is 1. The van der Waals surface area contributed by atoms with Crippen LogP contribution >= 0.6 is 15.9 Å². The topological polar surface area (TPSA) is 63.2 Å². The molecule has 0 bridgehead atoms. The van der Waals surface area contributed by atoms with E-state index >= 15 is 0 Å². The van der Waals surface area contributed by atoms with E-state index in [0.29, 0.717) is 16.5 Å². The number of alkyl halides is 1. The van der Waals surface area contributed by atoms with Gasteiger partial charge in [-0.3, -0.25) is 14.3 Å². The molecule has 20 heavy (non-hydrogen) atoms. The van der Waals surface area contributed by atoms with Crippen LogP contribution < -0.4 is 4.72 Å². The summed E-state index contributed by atoms with van der Waals surface area (Å²) in [5, 5.41) is -0.431. The van der Waals surface area contributed by atoms with Gasteiger partial charge in [0.2, 0.25) is 0 Å². The lowest BCUT2D eigenvalue weighted by molar-refractivity contribution is -0.117. The van der Waals surface area contributed by atoms with E-state index in [0.717, 1.165) is 11.1 Å². The van der Waals surface area contributed by atoms with E-state index in [4.69, 9.17) is 0 Å². The SMILES string of the molecule is O=C1NS(=O)C2C(=O)C(c3ccccc3)=C(CBr)C=C12. The number of carbonyl (C=O) groups is 2. The van der Waals surface area contributed by atoms with Gasteiger partial charge in [0.25, 0.3) is 5.91 Å². The van der Waals surface area contributed by atoms with Crippen molar-refractivity contribution in [3.63, 3.8) is 0 Å². The molecule has 2 aliphatic rings. The first-order valence-corrected chi connectivity index (χ1v) is 8.29. The third-order valence-corrected chi connectivity index (χ3v) is 5.18. The van der Waals surface area contributed by atoms with Crippen LogP contribution in [0.3, 0.4) is 0 Å². The lowest BCUT2D eigenvalue weighted by Crippen LogP contribution is -2.29. The molecule has 3 rings (SSSR count). The molecule has 1 fully saturated rings. The number of allylic oxidation sites excluding steroid dienone is 3. The summed E-state index contributed by atoms with van der Waals surface area (Å²) in [7, 11) is -1.68. The molecule has 1 amide bonds. The number of benzene rings is 1. The minimum Gasteiger partial charge on any atom is -0.292 e. The number of Topliss-reactive ketones (excluding diaryl/α,β-unsaturated/α-hetero) is 1. The average molecular weight is 352 g/mol. The lowest BCUT2D eigenvalue weighted by atomic mass is 9.87. The zero-order valence-electron chi connectivity index (χ0n) is 10.3. The number of nitrogens with one attached hydrogen (secondary N) is 1. The van der Waals surface area contributed by atoms with Crippen molar-refractivity contribution in [2.75, 3.05) is 5.33 Å². The van der Waals surface area contributed by atoms with Gasteiger partial charge in [0.15, 0.2) is 5.78 Å². The van der Waals surface area contributed by atoms with Gasteiger partial charge in [0, 0.05) is 16.5 Å². The fraction of sp³-hybridized carbons (Fsp3) is 0.143. The first-order chi connectivity index (χ1) is 9.63. The Morgan fingerprint density at radius 1 is 1.20 bits per heavy atom. The van der Waals surface area contributed by atoms with Crippen molar-refractivity contribution in [2.24, 2.45) is 0 Å². The first kappa shape index (κ1) is 13.5. The minimum absolute atomic E-state index is 0.264. The molecule has 4 nitrogen and oxygen atoms in total. The summed E-state index contributed by atoms with van der Waals surface area (Å²) in [6.45, 7) is 0. The van der Waals surface area contributed by atoms with Crippen LogP contribution in [0, 0.1) is 0 Å². The van der Waals surface area contributed by atoms with Crippen LogP contribution in [0.1, 0.15) is 5.56 Å². The van der Waals surface area contributed by atoms with Gasteiger partial charge in [-0.05, 0) is 17.2 Å². The van der Waals surface area contributed by atoms with Gasteiger partial charge in [-0.15, -0.1) is 0 Å². The Hall–Kier alpha value is -1.53. The Labute approximate surface area is 126 Å². The van der Waals surface area contributed by atoms with E-state index in [9.17, 15) is 13.8 Å². The molecule has 0 aromatic heterocycles. The van der Waals surface area contributed by atoms with Crippen molar-refractivity contribution in [1.82, 2.24) is 4.72 Å². The Morgan fingerprint density at radius 3 is 2.55 bits per heavy atom. The van der Waals surface area contributed by atoms with Gasteiger partial charge in [0.1, 0.15) is 16.2 Å². The van der Waals surface area contributed by atoms with Crippen LogP contribution in [0.4, 0.5) is 0 Å². The highest BCUT2D eigenvalue weighted by molar-refractivity contribution is 9.09. The summed E-state index contributed by atoms with van der Waals surface area (Å²) in [5.74, 6) is -0.688. The fourth-order valence-corrected chi connectivity index (χ4v) is 3.99. The molecule has 1 aromatic rings. The molecule has 1 aromatic carbocycles. The van der Waals surface area contributed by atoms with Crippen molar-refractivity contribution >= 4 is 44.2 Å². The zero-order chi connectivity index (χ0) is 14.3. The van der Waals surface area contributed by atoms with Crippen LogP contribution in [-0.4, -0.2) is 26.5 Å². The average Bonchev–Trinajstić information content (AvgIpc) is 2.74. The van der Waals surface area contributed by atoms with E-state index in [1.165, 1.54) is 0 Å². The highest BCUT2D eigenvalue weighted by Crippen LogP contribution is 2.34. The van der Waals surface area contributed by atoms with Gasteiger partial charge >= 0.3 is 0 Å². The predicted octanol–water partition coefficient (Wildman–Crippen LogP) is 1.51. The Bertz CT molecular complexity index is 694. The highest BCUT2D eigenvalue weighted by Gasteiger charge is 2.44. The van der Waals surface area contributed by atoms with Crippen molar-refractivity contribution in [3.05, 3.63) is 53.1 Å². The quantitative estimate of drug-likeness (QED) is 0.821. The third-order valence-electron chi connectivity index (χ3n) is 3.29. The van der Waals surface area contributed by atoms with Gasteiger partial charge in [-0.2, -0.15) is 0 Å². The van der Waals surface area contributed by atoms with Gasteiger partial charge in [-0.1, -0.05) is 46.3 Å². The Kier molecular flexibility index (Phi) is 3.43. The maximum absolute atomic E-state index is 12.6. The Balaban J connectivity index is 2.19. The zero-order valence-corrected chi connectivity index (χ0v) is 12.7. The number of amides is 1. The van der Waals surface area contributed by atoms with Gasteiger partial charge in [0.05, 0.1) is 0 Å². The van der Waals surface area contributed by atoms with E-state index in [1.54, 1.807) is 6.08 Å². The highest BCUT2D eigenvalue weighted by atomic mass is 79.9. The van der Waals surface area contributed by atoms with Gasteiger partial charge < -0.3 is 0 Å². The van der Waals surface area contributed by atoms with Crippen molar-refractivity contribution in [1.29, 1.82) is 0 Å². The molecule has 1 saturated heterocycles. The number of rotatable bonds is 2. The van der Waals surface area contributed by atoms with E-state index in [2.05, 4.69) is 20.7 Å². The first-order valence-electron chi connectivity index (χ1n) is 5.95. The molecular formula is C14H10BrNO3S. The summed E-state index contributed by atoms with van der Waals surface area (Å²) < 4.78 is 14.2. The number of hydrogen-bond donors (Lipinski definition) is 1. The van der Waals surface area contributed by atoms with Crippen LogP contribution in [0.5, 0.6) is 0 Å². The third kappa shape index (κ3) is 1.99. The maximum atomic E-state index is 12.6. The second-order valence-electron chi connectivity index (χ2n) is 4.47. The number of ketones is 1. The molecular weight excluding hydrogens is 342 g/mol. The molecule has 1 aliphatic carbocycles. The number of carbonyl (C=O) groups excluding carboxylic acids is 2. The summed E-state index contributed by atoms with van der Waals surface area (Å²) in [6, 6.07) is 9.22. The summed E-state index contributed by atoms with van der Waals surface area (Å²) in [4.78, 5) is 24.3. The maximum Gasteiger partial charge on any atom is 0.260 e. The fourth-order valence-electron chi connectivity index (χ4n) is 2.41. The predicted molar refractivity (Wildman–Crippen MR) is 80.3 cm³/mol. The Morgan fingerprint density at radius 2 is 1.90 bits per heavy atom. The van der Waals surface area contributed by atoms with E-state index < -0.39 is 22.1 Å². The van der Waals surface area contributed by atoms with Crippen LogP contribution in [0.15, 0.2) is 47.6 Å². The minimum atomic E-state index is -1.68. The van der Waals surface area contributed by atoms with Crippen molar-refractivity contribution in [3.8, 4) is 0 Å². The van der Waals surface area contributed by atoms with Crippen molar-refractivity contribution < 1.29 is 13.8 Å². The molecule has 1 N–H and O–H groups in total. The monoisotopic (exact) mass is 351 g/mol. The molecule has 1 heterocycles. The van der Waals surface area contributed by atoms with E-state index in [-0.39, 0.29) is 5.78 Å². The molecule has 2 atom stereocenters. The lowest BCUT2D eigenvalue weighted by Gasteiger charge is -2.19. The molecule has 0 spiro atoms. The van der Waals surface area contributed by atoms with Crippen LogP contribution in [0.25, 0.3) is 5.57 Å². The smallest absolute Gasteiger partial charge is 0.260 e. The van der Waals surface area contributed by atoms with Crippen LogP contribution in [0.2, 0.25) is 0 Å². The molecule has 2 unspecified atom stereocenters. The number of hydrogen-bond acceptors (Lipinski definition) is 3. The van der Waals surface area contributed by atoms with Crippen molar-refractivity contribution in [2.45, 2.75) is 5.25 Å². The molecule has 6 heteroatoms. The second kappa shape index (κ2) is 5.10. The summed E-state index contributed by atoms with van der Waals surface area (Å²) in [6.07, 6.45) is 1.67. The normalized spacial score (nSPS) is 25.4. The molecule has 0 radical (unpaired) electrons. The standard InChI is InChI=1S/C14H10BrNO3S/c15-7-9-6-10-13(20(19)16-14(10)18)12(17)11(9)8-4-2-1-3-5-8/h1-6,13H,7H2,(H,16,18).